The van der Waals surface area contributed by atoms with Crippen LogP contribution >= 0.6 is 0 Å². The SMILES string of the molecule is C=c1occ/c1=C/C(C)=C\C. The molecule has 1 rings (SSSR count). The maximum absolute atomic E-state index is 5.04. The maximum Gasteiger partial charge on any atom is 0.126 e. The van der Waals surface area contributed by atoms with Crippen LogP contribution in [0.15, 0.2) is 28.4 Å². The van der Waals surface area contributed by atoms with Gasteiger partial charge in [-0.1, -0.05) is 18.2 Å². The Hall–Kier alpha value is -1.24. The Morgan fingerprint density at radius 2 is 2.36 bits per heavy atom. The van der Waals surface area contributed by atoms with Crippen molar-refractivity contribution in [3.05, 3.63) is 34.6 Å². The smallest absolute Gasteiger partial charge is 0.126 e. The van der Waals surface area contributed by atoms with Crippen molar-refractivity contribution >= 4 is 12.7 Å². The molecule has 0 atom stereocenters. The number of hydrogen-bond donors (Lipinski definition) is 0. The number of allylic oxidation sites excluding steroid dienone is 2. The van der Waals surface area contributed by atoms with Crippen molar-refractivity contribution in [3.8, 4) is 0 Å². The van der Waals surface area contributed by atoms with Crippen LogP contribution in [0.5, 0.6) is 0 Å². The summed E-state index contributed by atoms with van der Waals surface area (Å²) < 4.78 is 5.04. The zero-order valence-corrected chi connectivity index (χ0v) is 6.92. The molecule has 0 amide bonds. The summed E-state index contributed by atoms with van der Waals surface area (Å²) in [6.45, 7) is 7.80. The van der Waals surface area contributed by atoms with Crippen molar-refractivity contribution in [2.24, 2.45) is 0 Å². The quantitative estimate of drug-likeness (QED) is 0.587. The summed E-state index contributed by atoms with van der Waals surface area (Å²) in [7, 11) is 0. The van der Waals surface area contributed by atoms with Gasteiger partial charge in [-0.2, -0.15) is 0 Å². The topological polar surface area (TPSA) is 13.1 Å². The van der Waals surface area contributed by atoms with Gasteiger partial charge in [0.05, 0.1) is 6.26 Å². The Morgan fingerprint density at radius 1 is 1.64 bits per heavy atom. The van der Waals surface area contributed by atoms with Crippen molar-refractivity contribution in [2.45, 2.75) is 13.8 Å². The van der Waals surface area contributed by atoms with Gasteiger partial charge in [0.25, 0.3) is 0 Å². The highest BCUT2D eigenvalue weighted by Crippen LogP contribution is 1.90. The Morgan fingerprint density at radius 3 is 2.82 bits per heavy atom. The second-order valence-electron chi connectivity index (χ2n) is 2.48. The Labute approximate surface area is 66.3 Å². The second kappa shape index (κ2) is 3.24. The number of furan rings is 1. The molecule has 1 aromatic rings. The molecule has 11 heavy (non-hydrogen) atoms. The highest BCUT2D eigenvalue weighted by molar-refractivity contribution is 5.44. The lowest BCUT2D eigenvalue weighted by atomic mass is 10.2. The molecule has 0 N–H and O–H groups in total. The van der Waals surface area contributed by atoms with Gasteiger partial charge in [0.2, 0.25) is 0 Å². The average molecular weight is 148 g/mol. The fourth-order valence-corrected chi connectivity index (χ4v) is 0.808. The summed E-state index contributed by atoms with van der Waals surface area (Å²) in [5.74, 6) is 0. The third-order valence-electron chi connectivity index (χ3n) is 1.62. The predicted octanol–water partition coefficient (Wildman–Crippen LogP) is 1.44. The first-order valence-corrected chi connectivity index (χ1v) is 3.61. The summed E-state index contributed by atoms with van der Waals surface area (Å²) in [6.07, 6.45) is 5.75. The molecule has 0 aliphatic heterocycles. The summed E-state index contributed by atoms with van der Waals surface area (Å²) in [5.41, 5.74) is 1.95. The molecule has 0 aromatic carbocycles. The van der Waals surface area contributed by atoms with E-state index in [0.717, 1.165) is 10.6 Å². The van der Waals surface area contributed by atoms with E-state index in [1.165, 1.54) is 5.57 Å². The van der Waals surface area contributed by atoms with Crippen LogP contribution in [-0.4, -0.2) is 0 Å². The van der Waals surface area contributed by atoms with E-state index in [-0.39, 0.29) is 0 Å². The van der Waals surface area contributed by atoms with Gasteiger partial charge in [0.1, 0.15) is 5.42 Å². The molecule has 0 bridgehead atoms. The van der Waals surface area contributed by atoms with E-state index < -0.39 is 0 Å². The van der Waals surface area contributed by atoms with E-state index in [9.17, 15) is 0 Å². The molecule has 58 valence electrons. The van der Waals surface area contributed by atoms with Crippen molar-refractivity contribution in [1.82, 2.24) is 0 Å². The molecule has 1 heterocycles. The molecule has 0 spiro atoms. The fourth-order valence-electron chi connectivity index (χ4n) is 0.808. The van der Waals surface area contributed by atoms with Gasteiger partial charge < -0.3 is 4.42 Å². The highest BCUT2D eigenvalue weighted by Gasteiger charge is 1.84. The van der Waals surface area contributed by atoms with Gasteiger partial charge in [-0.3, -0.25) is 0 Å². The van der Waals surface area contributed by atoms with Gasteiger partial charge in [0.15, 0.2) is 0 Å². The summed E-state index contributed by atoms with van der Waals surface area (Å²) in [5, 5.41) is 1.06. The first-order chi connectivity index (χ1) is 5.24. The molecule has 0 aliphatic rings. The van der Waals surface area contributed by atoms with Crippen molar-refractivity contribution < 1.29 is 4.42 Å². The van der Waals surface area contributed by atoms with Crippen LogP contribution in [-0.2, 0) is 0 Å². The minimum absolute atomic E-state index is 0.728. The number of hydrogen-bond acceptors (Lipinski definition) is 1. The summed E-state index contributed by atoms with van der Waals surface area (Å²) >= 11 is 0. The predicted molar refractivity (Wildman–Crippen MR) is 47.4 cm³/mol. The van der Waals surface area contributed by atoms with Gasteiger partial charge in [-0.15, -0.1) is 0 Å². The van der Waals surface area contributed by atoms with Crippen LogP contribution in [0.25, 0.3) is 12.7 Å². The lowest BCUT2D eigenvalue weighted by Gasteiger charge is -1.83. The standard InChI is InChI=1S/C10H12O/c1-4-8(2)7-10-5-6-11-9(10)3/h4-7H,3H2,1-2H3/b8-4-,10-7-. The highest BCUT2D eigenvalue weighted by atomic mass is 16.3. The molecule has 0 aliphatic carbocycles. The molecule has 1 heteroatoms. The summed E-state index contributed by atoms with van der Waals surface area (Å²) in [4.78, 5) is 0. The maximum atomic E-state index is 5.04. The first kappa shape index (κ1) is 7.86. The minimum Gasteiger partial charge on any atom is -0.465 e. The Bertz CT molecular complexity index is 354. The molecule has 1 aromatic heterocycles. The van der Waals surface area contributed by atoms with Gasteiger partial charge in [0, 0.05) is 5.22 Å². The van der Waals surface area contributed by atoms with E-state index in [0.29, 0.717) is 0 Å². The second-order valence-corrected chi connectivity index (χ2v) is 2.48. The Balaban J connectivity index is 3.21. The van der Waals surface area contributed by atoms with E-state index in [1.807, 2.05) is 32.1 Å². The normalized spacial score (nSPS) is 14.0. The van der Waals surface area contributed by atoms with E-state index in [4.69, 9.17) is 4.42 Å². The molecule has 0 radical (unpaired) electrons. The first-order valence-electron chi connectivity index (χ1n) is 3.61. The third-order valence-corrected chi connectivity index (χ3v) is 1.62. The van der Waals surface area contributed by atoms with Crippen LogP contribution in [0.1, 0.15) is 13.8 Å². The van der Waals surface area contributed by atoms with E-state index in [1.54, 1.807) is 6.26 Å². The summed E-state index contributed by atoms with van der Waals surface area (Å²) in [6, 6.07) is 1.91. The van der Waals surface area contributed by atoms with Crippen LogP contribution in [0, 0.1) is 0 Å². The molecule has 0 saturated carbocycles. The van der Waals surface area contributed by atoms with E-state index in [2.05, 4.69) is 6.58 Å². The van der Waals surface area contributed by atoms with Crippen LogP contribution < -0.4 is 10.6 Å². The van der Waals surface area contributed by atoms with Crippen molar-refractivity contribution in [3.63, 3.8) is 0 Å². The Kier molecular flexibility index (Phi) is 2.32. The zero-order chi connectivity index (χ0) is 8.27. The van der Waals surface area contributed by atoms with Crippen LogP contribution in [0.3, 0.4) is 0 Å². The molecular formula is C10H12O. The molecule has 0 fully saturated rings. The number of rotatable bonds is 1. The largest absolute Gasteiger partial charge is 0.465 e. The van der Waals surface area contributed by atoms with E-state index >= 15 is 0 Å². The fraction of sp³-hybridized carbons (Fsp3) is 0.200. The minimum atomic E-state index is 0.728. The third kappa shape index (κ3) is 1.84. The molecule has 0 saturated heterocycles. The van der Waals surface area contributed by atoms with Crippen molar-refractivity contribution in [1.29, 1.82) is 0 Å². The average Bonchev–Trinajstić information content (AvgIpc) is 2.37. The lowest BCUT2D eigenvalue weighted by molar-refractivity contribution is 0.533. The van der Waals surface area contributed by atoms with Crippen LogP contribution in [0.4, 0.5) is 0 Å². The lowest BCUT2D eigenvalue weighted by Crippen LogP contribution is -2.16. The van der Waals surface area contributed by atoms with Crippen molar-refractivity contribution in [2.75, 3.05) is 0 Å². The monoisotopic (exact) mass is 148 g/mol. The zero-order valence-electron chi connectivity index (χ0n) is 6.92. The molecule has 1 nitrogen and oxygen atoms in total. The van der Waals surface area contributed by atoms with Crippen LogP contribution in [0.2, 0.25) is 0 Å². The molecule has 0 unspecified atom stereocenters. The van der Waals surface area contributed by atoms with Gasteiger partial charge in [-0.25, -0.2) is 0 Å². The van der Waals surface area contributed by atoms with Gasteiger partial charge in [-0.05, 0) is 26.0 Å². The molecular weight excluding hydrogens is 136 g/mol. The van der Waals surface area contributed by atoms with Gasteiger partial charge >= 0.3 is 0 Å².